The van der Waals surface area contributed by atoms with Gasteiger partial charge >= 0.3 is 6.03 Å². The van der Waals surface area contributed by atoms with E-state index in [2.05, 4.69) is 5.32 Å². The number of urea groups is 1. The number of hydrogen-bond acceptors (Lipinski definition) is 3. The van der Waals surface area contributed by atoms with Crippen molar-refractivity contribution < 1.29 is 13.2 Å². The lowest BCUT2D eigenvalue weighted by molar-refractivity contribution is 0.170. The summed E-state index contributed by atoms with van der Waals surface area (Å²) in [5, 5.41) is 2.80. The van der Waals surface area contributed by atoms with Crippen LogP contribution in [0.2, 0.25) is 0 Å². The molecule has 0 radical (unpaired) electrons. The average molecular weight is 263 g/mol. The quantitative estimate of drug-likeness (QED) is 0.783. The van der Waals surface area contributed by atoms with Crippen molar-refractivity contribution in [1.82, 2.24) is 14.5 Å². The van der Waals surface area contributed by atoms with Crippen LogP contribution in [0.5, 0.6) is 0 Å². The summed E-state index contributed by atoms with van der Waals surface area (Å²) in [7, 11) is -3.12. The van der Waals surface area contributed by atoms with Crippen molar-refractivity contribution in [2.75, 3.05) is 31.9 Å². The molecule has 6 nitrogen and oxygen atoms in total. The highest BCUT2D eigenvalue weighted by Crippen LogP contribution is 2.08. The lowest BCUT2D eigenvalue weighted by atomic mass is 10.3. The average Bonchev–Trinajstić information content (AvgIpc) is 2.28. The van der Waals surface area contributed by atoms with Crippen LogP contribution in [-0.2, 0) is 10.0 Å². The first-order valence-corrected chi connectivity index (χ1v) is 7.51. The van der Waals surface area contributed by atoms with Crippen LogP contribution < -0.4 is 5.32 Å². The van der Waals surface area contributed by atoms with E-state index < -0.39 is 10.0 Å². The molecule has 1 N–H and O–H groups in total. The number of carbonyl (C=O) groups excluding carboxylic acids is 1. The number of hydrogen-bond donors (Lipinski definition) is 1. The van der Waals surface area contributed by atoms with Crippen molar-refractivity contribution in [3.63, 3.8) is 0 Å². The zero-order chi connectivity index (χ0) is 13.1. The molecule has 7 heteroatoms. The SMILES string of the molecule is CCS(=O)(=O)N1CCN(C(=O)NC(C)C)CC1. The van der Waals surface area contributed by atoms with E-state index >= 15 is 0 Å². The Balaban J connectivity index is 2.49. The summed E-state index contributed by atoms with van der Waals surface area (Å²) in [4.78, 5) is 13.3. The van der Waals surface area contributed by atoms with Crippen LogP contribution >= 0.6 is 0 Å². The van der Waals surface area contributed by atoms with E-state index in [1.165, 1.54) is 4.31 Å². The summed E-state index contributed by atoms with van der Waals surface area (Å²) in [6, 6.07) is -0.0200. The standard InChI is InChI=1S/C10H21N3O3S/c1-4-17(15,16)13-7-5-12(6-8-13)10(14)11-9(2)3/h9H,4-8H2,1-3H3,(H,11,14). The Morgan fingerprint density at radius 1 is 1.24 bits per heavy atom. The van der Waals surface area contributed by atoms with Gasteiger partial charge in [-0.25, -0.2) is 13.2 Å². The van der Waals surface area contributed by atoms with E-state index in [0.717, 1.165) is 0 Å². The van der Waals surface area contributed by atoms with E-state index in [0.29, 0.717) is 26.2 Å². The lowest BCUT2D eigenvalue weighted by Crippen LogP contribution is -2.54. The van der Waals surface area contributed by atoms with E-state index in [1.54, 1.807) is 11.8 Å². The van der Waals surface area contributed by atoms with Gasteiger partial charge in [0.1, 0.15) is 0 Å². The maximum absolute atomic E-state index is 11.7. The van der Waals surface area contributed by atoms with Crippen LogP contribution in [-0.4, -0.2) is 61.6 Å². The Bertz CT molecular complexity index is 359. The van der Waals surface area contributed by atoms with Gasteiger partial charge in [0.05, 0.1) is 5.75 Å². The number of nitrogens with one attached hydrogen (secondary N) is 1. The molecule has 0 aromatic heterocycles. The van der Waals surface area contributed by atoms with Gasteiger partial charge in [-0.1, -0.05) is 0 Å². The smallest absolute Gasteiger partial charge is 0.317 e. The fraction of sp³-hybridized carbons (Fsp3) is 0.900. The van der Waals surface area contributed by atoms with Gasteiger partial charge < -0.3 is 10.2 Å². The van der Waals surface area contributed by atoms with Crippen LogP contribution in [0.1, 0.15) is 20.8 Å². The molecule has 0 aliphatic carbocycles. The van der Waals surface area contributed by atoms with Crippen molar-refractivity contribution in [3.05, 3.63) is 0 Å². The summed E-state index contributed by atoms with van der Waals surface area (Å²) >= 11 is 0. The molecule has 0 unspecified atom stereocenters. The first kappa shape index (κ1) is 14.2. The first-order chi connectivity index (χ1) is 7.86. The normalized spacial score (nSPS) is 18.5. The molecular weight excluding hydrogens is 242 g/mol. The number of nitrogens with zero attached hydrogens (tertiary/aromatic N) is 2. The monoisotopic (exact) mass is 263 g/mol. The van der Waals surface area contributed by atoms with Crippen molar-refractivity contribution in [2.24, 2.45) is 0 Å². The Kier molecular flexibility index (Phi) is 4.76. The van der Waals surface area contributed by atoms with Gasteiger partial charge in [0.25, 0.3) is 0 Å². The van der Waals surface area contributed by atoms with Crippen LogP contribution in [0.4, 0.5) is 4.79 Å². The highest BCUT2D eigenvalue weighted by atomic mass is 32.2. The summed E-state index contributed by atoms with van der Waals surface area (Å²) in [6.45, 7) is 7.12. The minimum atomic E-state index is -3.12. The molecular formula is C10H21N3O3S. The predicted octanol–water partition coefficient (Wildman–Crippen LogP) is 0.0717. The van der Waals surface area contributed by atoms with E-state index in [1.807, 2.05) is 13.8 Å². The summed E-state index contributed by atoms with van der Waals surface area (Å²) in [6.07, 6.45) is 0. The molecule has 0 spiro atoms. The van der Waals surface area contributed by atoms with Crippen molar-refractivity contribution in [3.8, 4) is 0 Å². The number of amides is 2. The van der Waals surface area contributed by atoms with Gasteiger partial charge in [-0.15, -0.1) is 0 Å². The number of rotatable bonds is 3. The fourth-order valence-corrected chi connectivity index (χ4v) is 2.77. The Morgan fingerprint density at radius 3 is 2.18 bits per heavy atom. The van der Waals surface area contributed by atoms with Crippen LogP contribution in [0, 0.1) is 0 Å². The Morgan fingerprint density at radius 2 is 1.76 bits per heavy atom. The van der Waals surface area contributed by atoms with Crippen molar-refractivity contribution in [2.45, 2.75) is 26.8 Å². The Labute approximate surface area is 103 Å². The molecule has 1 aliphatic rings. The third-order valence-corrected chi connectivity index (χ3v) is 4.58. The van der Waals surface area contributed by atoms with Crippen molar-refractivity contribution >= 4 is 16.1 Å². The molecule has 0 aromatic carbocycles. The summed E-state index contributed by atoms with van der Waals surface area (Å²) in [5.74, 6) is 0.116. The number of carbonyl (C=O) groups is 1. The summed E-state index contributed by atoms with van der Waals surface area (Å²) in [5.41, 5.74) is 0. The molecule has 2 amide bonds. The molecule has 1 aliphatic heterocycles. The third kappa shape index (κ3) is 3.85. The molecule has 0 bridgehead atoms. The first-order valence-electron chi connectivity index (χ1n) is 5.90. The van der Waals surface area contributed by atoms with Crippen LogP contribution in [0.15, 0.2) is 0 Å². The van der Waals surface area contributed by atoms with E-state index in [4.69, 9.17) is 0 Å². The van der Waals surface area contributed by atoms with E-state index in [-0.39, 0.29) is 17.8 Å². The second-order valence-corrected chi connectivity index (χ2v) is 6.65. The van der Waals surface area contributed by atoms with Gasteiger partial charge in [-0.3, -0.25) is 0 Å². The minimum absolute atomic E-state index is 0.0971. The molecule has 1 saturated heterocycles. The maximum Gasteiger partial charge on any atom is 0.317 e. The summed E-state index contributed by atoms with van der Waals surface area (Å²) < 4.78 is 24.7. The van der Waals surface area contributed by atoms with E-state index in [9.17, 15) is 13.2 Å². The topological polar surface area (TPSA) is 69.7 Å². The fourth-order valence-electron chi connectivity index (χ4n) is 1.69. The van der Waals surface area contributed by atoms with Crippen molar-refractivity contribution in [1.29, 1.82) is 0 Å². The third-order valence-electron chi connectivity index (χ3n) is 2.70. The molecule has 1 rings (SSSR count). The zero-order valence-corrected chi connectivity index (χ0v) is 11.5. The number of piperazine rings is 1. The second-order valence-electron chi connectivity index (χ2n) is 4.39. The zero-order valence-electron chi connectivity index (χ0n) is 10.6. The lowest BCUT2D eigenvalue weighted by Gasteiger charge is -2.34. The van der Waals surface area contributed by atoms with Gasteiger partial charge in [-0.05, 0) is 20.8 Å². The maximum atomic E-state index is 11.7. The highest BCUT2D eigenvalue weighted by molar-refractivity contribution is 7.89. The minimum Gasteiger partial charge on any atom is -0.336 e. The molecule has 100 valence electrons. The molecule has 0 aromatic rings. The largest absolute Gasteiger partial charge is 0.336 e. The molecule has 0 saturated carbocycles. The van der Waals surface area contributed by atoms with Gasteiger partial charge in [0.2, 0.25) is 10.0 Å². The van der Waals surface area contributed by atoms with Crippen LogP contribution in [0.3, 0.4) is 0 Å². The molecule has 1 heterocycles. The van der Waals surface area contributed by atoms with Gasteiger partial charge in [0, 0.05) is 32.2 Å². The Hall–Kier alpha value is -0.820. The number of sulfonamides is 1. The molecule has 0 atom stereocenters. The second kappa shape index (κ2) is 5.68. The van der Waals surface area contributed by atoms with Gasteiger partial charge in [0.15, 0.2) is 0 Å². The molecule has 1 fully saturated rings. The van der Waals surface area contributed by atoms with Crippen LogP contribution in [0.25, 0.3) is 0 Å². The highest BCUT2D eigenvalue weighted by Gasteiger charge is 2.27. The molecule has 17 heavy (non-hydrogen) atoms. The van der Waals surface area contributed by atoms with Gasteiger partial charge in [-0.2, -0.15) is 4.31 Å². The predicted molar refractivity (Wildman–Crippen MR) is 66.3 cm³/mol.